The highest BCUT2D eigenvalue weighted by Gasteiger charge is 2.28. The van der Waals surface area contributed by atoms with Crippen molar-refractivity contribution in [3.63, 3.8) is 0 Å². The summed E-state index contributed by atoms with van der Waals surface area (Å²) in [5, 5.41) is 3.17. The lowest BCUT2D eigenvalue weighted by Gasteiger charge is -2.25. The number of anilines is 1. The molecule has 0 saturated heterocycles. The number of hydrogen-bond acceptors (Lipinski definition) is 3. The van der Waals surface area contributed by atoms with E-state index in [9.17, 15) is 17.6 Å². The van der Waals surface area contributed by atoms with Gasteiger partial charge in [-0.3, -0.25) is 9.10 Å². The maximum atomic E-state index is 13.4. The maximum Gasteiger partial charge on any atom is 0.264 e. The summed E-state index contributed by atoms with van der Waals surface area (Å²) in [6.07, 6.45) is 0. The Balaban J connectivity index is 1.91. The molecule has 0 radical (unpaired) electrons. The molecule has 0 heterocycles. The van der Waals surface area contributed by atoms with Gasteiger partial charge in [-0.2, -0.15) is 0 Å². The average molecular weight is 475 g/mol. The Labute approximate surface area is 192 Å². The van der Waals surface area contributed by atoms with E-state index in [-0.39, 0.29) is 16.4 Å². The number of amides is 1. The average Bonchev–Trinajstić information content (AvgIpc) is 2.74. The van der Waals surface area contributed by atoms with Crippen LogP contribution >= 0.6 is 11.6 Å². The van der Waals surface area contributed by atoms with Crippen LogP contribution in [0.5, 0.6) is 0 Å². The minimum absolute atomic E-state index is 0.0687. The molecule has 32 heavy (non-hydrogen) atoms. The van der Waals surface area contributed by atoms with E-state index in [4.69, 9.17) is 11.6 Å². The summed E-state index contributed by atoms with van der Waals surface area (Å²) in [6.45, 7) is 4.97. The third kappa shape index (κ3) is 5.47. The Hall–Kier alpha value is -2.90. The van der Waals surface area contributed by atoms with Crippen LogP contribution in [0.3, 0.4) is 0 Å². The van der Waals surface area contributed by atoms with E-state index >= 15 is 0 Å². The van der Waals surface area contributed by atoms with Crippen LogP contribution in [-0.2, 0) is 14.8 Å². The van der Waals surface area contributed by atoms with Gasteiger partial charge in [0.05, 0.1) is 16.6 Å². The normalized spacial score (nSPS) is 12.3. The lowest BCUT2D eigenvalue weighted by molar-refractivity contribution is -0.120. The molecule has 8 heteroatoms. The van der Waals surface area contributed by atoms with Crippen molar-refractivity contribution < 1.29 is 17.6 Å². The van der Waals surface area contributed by atoms with Crippen molar-refractivity contribution in [1.29, 1.82) is 0 Å². The van der Waals surface area contributed by atoms with E-state index < -0.39 is 28.5 Å². The van der Waals surface area contributed by atoms with Crippen LogP contribution in [-0.4, -0.2) is 20.9 Å². The van der Waals surface area contributed by atoms with Gasteiger partial charge in [0.15, 0.2) is 0 Å². The quantitative estimate of drug-likeness (QED) is 0.513. The SMILES string of the molecule is Cc1ccc(S(=O)(=O)N(CC(=O)N[C@@H](C)c2ccc(F)cc2)c2ccc(C)c(Cl)c2)cc1. The molecule has 168 valence electrons. The molecule has 0 aliphatic rings. The fraction of sp³-hybridized carbons (Fsp3) is 0.208. The summed E-state index contributed by atoms with van der Waals surface area (Å²) >= 11 is 6.24. The number of benzene rings is 3. The van der Waals surface area contributed by atoms with Crippen molar-refractivity contribution in [2.45, 2.75) is 31.7 Å². The van der Waals surface area contributed by atoms with Gasteiger partial charge < -0.3 is 5.32 Å². The molecule has 3 aromatic carbocycles. The number of carbonyl (C=O) groups is 1. The van der Waals surface area contributed by atoms with Crippen LogP contribution in [0.4, 0.5) is 10.1 Å². The first-order valence-corrected chi connectivity index (χ1v) is 11.8. The topological polar surface area (TPSA) is 66.5 Å². The molecule has 1 N–H and O–H groups in total. The summed E-state index contributed by atoms with van der Waals surface area (Å²) in [6, 6.07) is 16.6. The van der Waals surface area contributed by atoms with Crippen molar-refractivity contribution in [2.24, 2.45) is 0 Å². The Bertz CT molecular complexity index is 1210. The van der Waals surface area contributed by atoms with Gasteiger partial charge in [-0.15, -0.1) is 0 Å². The third-order valence-electron chi connectivity index (χ3n) is 5.09. The molecule has 0 saturated carbocycles. The van der Waals surface area contributed by atoms with Gasteiger partial charge >= 0.3 is 0 Å². The molecule has 0 spiro atoms. The summed E-state index contributed by atoms with van der Waals surface area (Å²) in [5.41, 5.74) is 2.69. The molecule has 0 unspecified atom stereocenters. The van der Waals surface area contributed by atoms with Crippen LogP contribution in [0.15, 0.2) is 71.6 Å². The lowest BCUT2D eigenvalue weighted by atomic mass is 10.1. The molecular formula is C24H24ClFN2O3S. The standard InChI is InChI=1S/C24H24ClFN2O3S/c1-16-4-12-22(13-5-16)32(30,31)28(21-11-6-17(2)23(25)14-21)15-24(29)27-18(3)19-7-9-20(26)10-8-19/h4-14,18H,15H2,1-3H3,(H,27,29)/t18-/m0/s1. The molecule has 0 aliphatic heterocycles. The zero-order chi connectivity index (χ0) is 23.5. The highest BCUT2D eigenvalue weighted by molar-refractivity contribution is 7.92. The fourth-order valence-electron chi connectivity index (χ4n) is 3.14. The van der Waals surface area contributed by atoms with Gasteiger partial charge in [-0.1, -0.05) is 47.5 Å². The smallest absolute Gasteiger partial charge is 0.264 e. The van der Waals surface area contributed by atoms with E-state index in [1.54, 1.807) is 43.3 Å². The third-order valence-corrected chi connectivity index (χ3v) is 7.28. The van der Waals surface area contributed by atoms with Gasteiger partial charge in [-0.05, 0) is 68.3 Å². The fourth-order valence-corrected chi connectivity index (χ4v) is 4.73. The van der Waals surface area contributed by atoms with Crippen molar-refractivity contribution in [3.8, 4) is 0 Å². The number of rotatable bonds is 7. The molecule has 0 aliphatic carbocycles. The number of aryl methyl sites for hydroxylation is 2. The number of halogens is 2. The van der Waals surface area contributed by atoms with Gasteiger partial charge in [0.25, 0.3) is 10.0 Å². The van der Waals surface area contributed by atoms with Crippen molar-refractivity contribution in [3.05, 3.63) is 94.3 Å². The molecule has 0 bridgehead atoms. The molecule has 5 nitrogen and oxygen atoms in total. The minimum Gasteiger partial charge on any atom is -0.348 e. The first-order valence-electron chi connectivity index (χ1n) is 9.98. The minimum atomic E-state index is -4.04. The number of nitrogens with one attached hydrogen (secondary N) is 1. The van der Waals surface area contributed by atoms with Gasteiger partial charge in [0, 0.05) is 5.02 Å². The predicted octanol–water partition coefficient (Wildman–Crippen LogP) is 5.17. The van der Waals surface area contributed by atoms with Crippen molar-refractivity contribution in [1.82, 2.24) is 5.32 Å². The highest BCUT2D eigenvalue weighted by Crippen LogP contribution is 2.28. The number of nitrogens with zero attached hydrogens (tertiary/aromatic N) is 1. The number of sulfonamides is 1. The van der Waals surface area contributed by atoms with E-state index in [2.05, 4.69) is 5.32 Å². The molecule has 1 amide bonds. The first-order chi connectivity index (χ1) is 15.1. The number of hydrogen-bond donors (Lipinski definition) is 1. The van der Waals surface area contributed by atoms with Gasteiger partial charge in [0.2, 0.25) is 5.91 Å². The largest absolute Gasteiger partial charge is 0.348 e. The van der Waals surface area contributed by atoms with Crippen LogP contribution in [0.1, 0.15) is 29.7 Å². The van der Waals surface area contributed by atoms with E-state index in [0.29, 0.717) is 10.6 Å². The summed E-state index contributed by atoms with van der Waals surface area (Å²) in [7, 11) is -4.04. The molecule has 0 aromatic heterocycles. The van der Waals surface area contributed by atoms with Crippen LogP contribution in [0.2, 0.25) is 5.02 Å². The molecular weight excluding hydrogens is 451 g/mol. The zero-order valence-corrected chi connectivity index (χ0v) is 19.5. The van der Waals surface area contributed by atoms with Gasteiger partial charge in [0.1, 0.15) is 12.4 Å². The van der Waals surface area contributed by atoms with Crippen molar-refractivity contribution >= 4 is 33.2 Å². The molecule has 3 aromatic rings. The maximum absolute atomic E-state index is 13.4. The number of carbonyl (C=O) groups excluding carboxylic acids is 1. The second-order valence-electron chi connectivity index (χ2n) is 7.60. The van der Waals surface area contributed by atoms with Crippen LogP contribution in [0, 0.1) is 19.7 Å². The van der Waals surface area contributed by atoms with E-state index in [1.807, 2.05) is 13.8 Å². The molecule has 3 rings (SSSR count). The summed E-state index contributed by atoms with van der Waals surface area (Å²) < 4.78 is 41.1. The summed E-state index contributed by atoms with van der Waals surface area (Å²) in [5.74, 6) is -0.881. The molecule has 0 fully saturated rings. The lowest BCUT2D eigenvalue weighted by Crippen LogP contribution is -2.41. The Morgan fingerprint density at radius 2 is 1.66 bits per heavy atom. The van der Waals surface area contributed by atoms with E-state index in [1.165, 1.54) is 30.3 Å². The van der Waals surface area contributed by atoms with E-state index in [0.717, 1.165) is 15.4 Å². The first kappa shape index (κ1) is 23.8. The zero-order valence-electron chi connectivity index (χ0n) is 18.0. The molecule has 1 atom stereocenters. The van der Waals surface area contributed by atoms with Crippen LogP contribution in [0.25, 0.3) is 0 Å². The van der Waals surface area contributed by atoms with Crippen molar-refractivity contribution in [2.75, 3.05) is 10.8 Å². The van der Waals surface area contributed by atoms with Gasteiger partial charge in [-0.25, -0.2) is 12.8 Å². The Kier molecular flexibility index (Phi) is 7.21. The second-order valence-corrected chi connectivity index (χ2v) is 9.87. The Morgan fingerprint density at radius 3 is 2.25 bits per heavy atom. The monoisotopic (exact) mass is 474 g/mol. The van der Waals surface area contributed by atoms with Crippen LogP contribution < -0.4 is 9.62 Å². The highest BCUT2D eigenvalue weighted by atomic mass is 35.5. The predicted molar refractivity (Wildman–Crippen MR) is 125 cm³/mol. The Morgan fingerprint density at radius 1 is 1.03 bits per heavy atom. The summed E-state index contributed by atoms with van der Waals surface area (Å²) in [4.78, 5) is 12.9. The second kappa shape index (κ2) is 9.71.